The van der Waals surface area contributed by atoms with Crippen LogP contribution in [0.3, 0.4) is 0 Å². The first-order valence-electron chi connectivity index (χ1n) is 5.94. The number of fused-ring (bicyclic) bond motifs is 1. The van der Waals surface area contributed by atoms with Crippen molar-refractivity contribution in [3.63, 3.8) is 0 Å². The average Bonchev–Trinajstić information content (AvgIpc) is 2.78. The molecule has 0 aliphatic carbocycles. The normalized spacial score (nSPS) is 10.7. The van der Waals surface area contributed by atoms with Gasteiger partial charge in [-0.05, 0) is 30.8 Å². The summed E-state index contributed by atoms with van der Waals surface area (Å²) in [7, 11) is 0. The van der Waals surface area contributed by atoms with Crippen molar-refractivity contribution in [1.29, 1.82) is 0 Å². The van der Waals surface area contributed by atoms with Gasteiger partial charge >= 0.3 is 0 Å². The van der Waals surface area contributed by atoms with Crippen molar-refractivity contribution in [3.05, 3.63) is 54.1 Å². The summed E-state index contributed by atoms with van der Waals surface area (Å²) < 4.78 is 0. The Balaban J connectivity index is 2.41. The predicted molar refractivity (Wildman–Crippen MR) is 77.7 cm³/mol. The quantitative estimate of drug-likeness (QED) is 0.633. The maximum atomic E-state index is 4.12. The third-order valence-corrected chi connectivity index (χ3v) is 3.26. The molecule has 88 valence electrons. The largest absolute Gasteiger partial charge is 0.339 e. The standard InChI is InChI=1S/C16H14N2/c1-11-7-3-4-8-12(11)15-13-9-5-6-10-14(13)18-16(15)17-2/h3-10,18H,2H2,1H3. The highest BCUT2D eigenvalue weighted by Crippen LogP contribution is 2.38. The van der Waals surface area contributed by atoms with Crippen molar-refractivity contribution in [2.45, 2.75) is 6.92 Å². The number of aromatic nitrogens is 1. The second kappa shape index (κ2) is 4.15. The number of aryl methyl sites for hydroxylation is 1. The number of hydrogen-bond acceptors (Lipinski definition) is 1. The molecule has 3 rings (SSSR count). The van der Waals surface area contributed by atoms with Gasteiger partial charge in [-0.25, -0.2) is 4.99 Å². The molecule has 18 heavy (non-hydrogen) atoms. The number of H-pyrrole nitrogens is 1. The first-order chi connectivity index (χ1) is 8.81. The van der Waals surface area contributed by atoms with Gasteiger partial charge in [0, 0.05) is 16.5 Å². The Bertz CT molecular complexity index is 723. The third-order valence-electron chi connectivity index (χ3n) is 3.26. The van der Waals surface area contributed by atoms with Crippen LogP contribution in [-0.4, -0.2) is 11.7 Å². The maximum Gasteiger partial charge on any atom is 0.138 e. The molecule has 0 saturated carbocycles. The number of para-hydroxylation sites is 1. The Labute approximate surface area is 106 Å². The Morgan fingerprint density at radius 1 is 1.00 bits per heavy atom. The number of hydrogen-bond donors (Lipinski definition) is 1. The molecule has 0 fully saturated rings. The van der Waals surface area contributed by atoms with E-state index >= 15 is 0 Å². The molecule has 1 heterocycles. The van der Waals surface area contributed by atoms with E-state index in [0.717, 1.165) is 16.9 Å². The highest BCUT2D eigenvalue weighted by Gasteiger charge is 2.13. The van der Waals surface area contributed by atoms with Gasteiger partial charge in [-0.1, -0.05) is 42.5 Å². The molecule has 2 nitrogen and oxygen atoms in total. The van der Waals surface area contributed by atoms with Crippen molar-refractivity contribution >= 4 is 23.4 Å². The van der Waals surface area contributed by atoms with Crippen LogP contribution in [0.15, 0.2) is 53.5 Å². The summed E-state index contributed by atoms with van der Waals surface area (Å²) in [6.45, 7) is 5.78. The number of nitrogens with one attached hydrogen (secondary N) is 1. The molecule has 0 aliphatic rings. The Morgan fingerprint density at radius 2 is 1.72 bits per heavy atom. The molecule has 0 saturated heterocycles. The molecular formula is C16H14N2. The van der Waals surface area contributed by atoms with Gasteiger partial charge < -0.3 is 4.98 Å². The molecule has 2 heteroatoms. The topological polar surface area (TPSA) is 28.1 Å². The summed E-state index contributed by atoms with van der Waals surface area (Å²) in [5.41, 5.74) is 4.68. The molecular weight excluding hydrogens is 220 g/mol. The number of rotatable bonds is 2. The van der Waals surface area contributed by atoms with Gasteiger partial charge in [-0.3, -0.25) is 0 Å². The fourth-order valence-corrected chi connectivity index (χ4v) is 2.37. The summed E-state index contributed by atoms with van der Waals surface area (Å²) >= 11 is 0. The van der Waals surface area contributed by atoms with Gasteiger partial charge in [0.1, 0.15) is 5.82 Å². The smallest absolute Gasteiger partial charge is 0.138 e. The first-order valence-corrected chi connectivity index (χ1v) is 5.94. The van der Waals surface area contributed by atoms with Crippen molar-refractivity contribution < 1.29 is 0 Å². The van der Waals surface area contributed by atoms with E-state index in [1.54, 1.807) is 0 Å². The van der Waals surface area contributed by atoms with Crippen molar-refractivity contribution in [2.24, 2.45) is 4.99 Å². The SMILES string of the molecule is C=Nc1[nH]c2ccccc2c1-c1ccccc1C. The van der Waals surface area contributed by atoms with Crippen LogP contribution in [0.5, 0.6) is 0 Å². The highest BCUT2D eigenvalue weighted by atomic mass is 14.9. The average molecular weight is 234 g/mol. The van der Waals surface area contributed by atoms with E-state index in [-0.39, 0.29) is 0 Å². The molecule has 1 N–H and O–H groups in total. The van der Waals surface area contributed by atoms with E-state index in [4.69, 9.17) is 0 Å². The van der Waals surface area contributed by atoms with Crippen molar-refractivity contribution in [2.75, 3.05) is 0 Å². The van der Waals surface area contributed by atoms with Crippen LogP contribution in [0.1, 0.15) is 5.56 Å². The van der Waals surface area contributed by atoms with Crippen LogP contribution in [0.2, 0.25) is 0 Å². The van der Waals surface area contributed by atoms with Gasteiger partial charge in [0.25, 0.3) is 0 Å². The first kappa shape index (κ1) is 10.8. The van der Waals surface area contributed by atoms with Crippen LogP contribution in [0, 0.1) is 6.92 Å². The summed E-state index contributed by atoms with van der Waals surface area (Å²) in [6, 6.07) is 16.6. The number of benzene rings is 2. The third kappa shape index (κ3) is 1.54. The highest BCUT2D eigenvalue weighted by molar-refractivity contribution is 6.02. The fraction of sp³-hybridized carbons (Fsp3) is 0.0625. The summed E-state index contributed by atoms with van der Waals surface area (Å²) in [5.74, 6) is 0.838. The molecule has 0 bridgehead atoms. The van der Waals surface area contributed by atoms with Crippen LogP contribution in [-0.2, 0) is 0 Å². The Morgan fingerprint density at radius 3 is 2.50 bits per heavy atom. The summed E-state index contributed by atoms with van der Waals surface area (Å²) in [6.07, 6.45) is 0. The van der Waals surface area contributed by atoms with E-state index in [1.165, 1.54) is 16.5 Å². The van der Waals surface area contributed by atoms with Crippen molar-refractivity contribution in [3.8, 4) is 11.1 Å². The van der Waals surface area contributed by atoms with E-state index in [0.29, 0.717) is 0 Å². The van der Waals surface area contributed by atoms with Crippen LogP contribution >= 0.6 is 0 Å². The molecule has 0 atom stereocenters. The second-order valence-corrected chi connectivity index (χ2v) is 4.37. The Kier molecular flexibility index (Phi) is 2.49. The van der Waals surface area contributed by atoms with Gasteiger partial charge in [-0.15, -0.1) is 0 Å². The van der Waals surface area contributed by atoms with Gasteiger partial charge in [-0.2, -0.15) is 0 Å². The minimum atomic E-state index is 0.838. The fourth-order valence-electron chi connectivity index (χ4n) is 2.37. The number of nitrogens with zero attached hydrogens (tertiary/aromatic N) is 1. The van der Waals surface area contributed by atoms with E-state index in [1.807, 2.05) is 12.1 Å². The van der Waals surface area contributed by atoms with Crippen LogP contribution < -0.4 is 0 Å². The number of aromatic amines is 1. The lowest BCUT2D eigenvalue weighted by molar-refractivity contribution is 1.38. The lowest BCUT2D eigenvalue weighted by Crippen LogP contribution is -1.81. The summed E-state index contributed by atoms with van der Waals surface area (Å²) in [4.78, 5) is 7.43. The minimum Gasteiger partial charge on any atom is -0.339 e. The molecule has 0 unspecified atom stereocenters. The zero-order valence-corrected chi connectivity index (χ0v) is 10.3. The van der Waals surface area contributed by atoms with Crippen LogP contribution in [0.4, 0.5) is 5.82 Å². The predicted octanol–water partition coefficient (Wildman–Crippen LogP) is 4.48. The molecule has 1 aromatic heterocycles. The van der Waals surface area contributed by atoms with E-state index < -0.39 is 0 Å². The molecule has 0 spiro atoms. The molecule has 2 aromatic carbocycles. The molecule has 0 aliphatic heterocycles. The molecule has 0 radical (unpaired) electrons. The van der Waals surface area contributed by atoms with Gasteiger partial charge in [0.05, 0.1) is 0 Å². The van der Waals surface area contributed by atoms with E-state index in [9.17, 15) is 0 Å². The minimum absolute atomic E-state index is 0.838. The van der Waals surface area contributed by atoms with Crippen LogP contribution in [0.25, 0.3) is 22.0 Å². The zero-order valence-electron chi connectivity index (χ0n) is 10.3. The van der Waals surface area contributed by atoms with E-state index in [2.05, 4.69) is 60.0 Å². The van der Waals surface area contributed by atoms with Crippen molar-refractivity contribution in [1.82, 2.24) is 4.98 Å². The number of aliphatic imine (C=N–C) groups is 1. The zero-order chi connectivity index (χ0) is 12.5. The lowest BCUT2D eigenvalue weighted by atomic mass is 9.99. The van der Waals surface area contributed by atoms with Gasteiger partial charge in [0.2, 0.25) is 0 Å². The second-order valence-electron chi connectivity index (χ2n) is 4.37. The Hall–Kier alpha value is -2.35. The summed E-state index contributed by atoms with van der Waals surface area (Å²) in [5, 5.41) is 1.19. The lowest BCUT2D eigenvalue weighted by Gasteiger charge is -2.05. The monoisotopic (exact) mass is 234 g/mol. The maximum absolute atomic E-state index is 4.12. The molecule has 3 aromatic rings. The van der Waals surface area contributed by atoms with Gasteiger partial charge in [0.15, 0.2) is 0 Å². The molecule has 0 amide bonds.